The van der Waals surface area contributed by atoms with E-state index in [1.807, 2.05) is 18.5 Å². The predicted molar refractivity (Wildman–Crippen MR) is 79.0 cm³/mol. The zero-order chi connectivity index (χ0) is 13.7. The second-order valence-corrected chi connectivity index (χ2v) is 4.50. The van der Waals surface area contributed by atoms with Crippen LogP contribution in [0, 0.1) is 0 Å². The van der Waals surface area contributed by atoms with E-state index in [0.29, 0.717) is 6.54 Å². The topological polar surface area (TPSA) is 47.1 Å². The molecule has 0 unspecified atom stereocenters. The summed E-state index contributed by atoms with van der Waals surface area (Å²) in [5.74, 6) is 1.02. The maximum Gasteiger partial charge on any atom is 0.205 e. The third-order valence-corrected chi connectivity index (χ3v) is 3.40. The van der Waals surface area contributed by atoms with Crippen molar-refractivity contribution in [1.82, 2.24) is 9.55 Å². The summed E-state index contributed by atoms with van der Waals surface area (Å²) in [5.41, 5.74) is 8.28. The fourth-order valence-electron chi connectivity index (χ4n) is 2.27. The minimum atomic E-state index is 0.579. The summed E-state index contributed by atoms with van der Waals surface area (Å²) < 4.78 is 2.16. The Morgan fingerprint density at radius 2 is 1.95 bits per heavy atom. The van der Waals surface area contributed by atoms with Crippen LogP contribution in [0.2, 0.25) is 0 Å². The van der Waals surface area contributed by atoms with Crippen molar-refractivity contribution in [2.75, 3.05) is 11.4 Å². The number of benzene rings is 1. The first-order valence-corrected chi connectivity index (χ1v) is 6.83. The summed E-state index contributed by atoms with van der Waals surface area (Å²) in [6, 6.07) is 8.34. The first-order chi connectivity index (χ1) is 9.30. The Labute approximate surface area is 114 Å². The number of rotatable bonds is 6. The molecule has 0 bridgehead atoms. The molecule has 102 valence electrons. The standard InChI is InChI=1S/C15H22N4/c1-3-18-10-9-17-15(18)19(4-2)12-14-8-6-5-7-13(14)11-16/h5-10H,3-4,11-12,16H2,1-2H3. The summed E-state index contributed by atoms with van der Waals surface area (Å²) in [7, 11) is 0. The van der Waals surface area contributed by atoms with Crippen molar-refractivity contribution < 1.29 is 0 Å². The molecule has 1 aromatic carbocycles. The zero-order valence-corrected chi connectivity index (χ0v) is 11.7. The molecule has 19 heavy (non-hydrogen) atoms. The van der Waals surface area contributed by atoms with Gasteiger partial charge in [-0.2, -0.15) is 0 Å². The second-order valence-electron chi connectivity index (χ2n) is 4.50. The molecule has 0 saturated heterocycles. The van der Waals surface area contributed by atoms with Gasteiger partial charge in [-0.25, -0.2) is 4.98 Å². The van der Waals surface area contributed by atoms with Crippen LogP contribution in [-0.4, -0.2) is 16.1 Å². The molecule has 0 aliphatic rings. The van der Waals surface area contributed by atoms with Crippen molar-refractivity contribution in [3.8, 4) is 0 Å². The molecule has 0 aliphatic heterocycles. The summed E-state index contributed by atoms with van der Waals surface area (Å²) in [5, 5.41) is 0. The van der Waals surface area contributed by atoms with Gasteiger partial charge in [-0.15, -0.1) is 0 Å². The zero-order valence-electron chi connectivity index (χ0n) is 11.7. The van der Waals surface area contributed by atoms with Gasteiger partial charge in [-0.3, -0.25) is 0 Å². The fraction of sp³-hybridized carbons (Fsp3) is 0.400. The number of nitrogens with zero attached hydrogens (tertiary/aromatic N) is 3. The molecule has 0 radical (unpaired) electrons. The van der Waals surface area contributed by atoms with Gasteiger partial charge < -0.3 is 15.2 Å². The molecule has 0 aliphatic carbocycles. The van der Waals surface area contributed by atoms with E-state index in [1.54, 1.807) is 0 Å². The van der Waals surface area contributed by atoms with Gasteiger partial charge in [0.25, 0.3) is 0 Å². The number of hydrogen-bond acceptors (Lipinski definition) is 3. The molecule has 0 spiro atoms. The van der Waals surface area contributed by atoms with Crippen LogP contribution in [0.5, 0.6) is 0 Å². The van der Waals surface area contributed by atoms with Crippen LogP contribution in [0.1, 0.15) is 25.0 Å². The first kappa shape index (κ1) is 13.6. The highest BCUT2D eigenvalue weighted by Gasteiger charge is 2.12. The van der Waals surface area contributed by atoms with Gasteiger partial charge in [0.05, 0.1) is 0 Å². The minimum Gasteiger partial charge on any atom is -0.338 e. The Morgan fingerprint density at radius 1 is 1.21 bits per heavy atom. The van der Waals surface area contributed by atoms with E-state index in [2.05, 4.69) is 46.5 Å². The van der Waals surface area contributed by atoms with Gasteiger partial charge in [0, 0.05) is 38.6 Å². The molecular weight excluding hydrogens is 236 g/mol. The van der Waals surface area contributed by atoms with Crippen LogP contribution in [0.25, 0.3) is 0 Å². The molecule has 0 amide bonds. The second kappa shape index (κ2) is 6.38. The largest absolute Gasteiger partial charge is 0.338 e. The Hall–Kier alpha value is -1.81. The van der Waals surface area contributed by atoms with Crippen LogP contribution in [0.4, 0.5) is 5.95 Å². The number of anilines is 1. The third kappa shape index (κ3) is 2.96. The summed E-state index contributed by atoms with van der Waals surface area (Å²) in [6.07, 6.45) is 3.88. The summed E-state index contributed by atoms with van der Waals surface area (Å²) in [6.45, 7) is 7.57. The number of hydrogen-bond donors (Lipinski definition) is 1. The fourth-order valence-corrected chi connectivity index (χ4v) is 2.27. The van der Waals surface area contributed by atoms with E-state index in [4.69, 9.17) is 5.73 Å². The third-order valence-electron chi connectivity index (χ3n) is 3.40. The van der Waals surface area contributed by atoms with Crippen molar-refractivity contribution in [2.45, 2.75) is 33.5 Å². The lowest BCUT2D eigenvalue weighted by atomic mass is 10.1. The monoisotopic (exact) mass is 258 g/mol. The molecule has 2 aromatic rings. The molecule has 1 aromatic heterocycles. The van der Waals surface area contributed by atoms with E-state index in [1.165, 1.54) is 11.1 Å². The molecule has 2 N–H and O–H groups in total. The van der Waals surface area contributed by atoms with Gasteiger partial charge in [0.15, 0.2) is 0 Å². The highest BCUT2D eigenvalue weighted by atomic mass is 15.3. The number of imidazole rings is 1. The van der Waals surface area contributed by atoms with Gasteiger partial charge >= 0.3 is 0 Å². The van der Waals surface area contributed by atoms with Gasteiger partial charge in [-0.05, 0) is 25.0 Å². The lowest BCUT2D eigenvalue weighted by Crippen LogP contribution is -2.26. The first-order valence-electron chi connectivity index (χ1n) is 6.83. The lowest BCUT2D eigenvalue weighted by molar-refractivity contribution is 0.698. The van der Waals surface area contributed by atoms with Crippen molar-refractivity contribution >= 4 is 5.95 Å². The summed E-state index contributed by atoms with van der Waals surface area (Å²) in [4.78, 5) is 6.74. The molecule has 4 nitrogen and oxygen atoms in total. The Bertz CT molecular complexity index is 518. The molecule has 0 atom stereocenters. The van der Waals surface area contributed by atoms with Gasteiger partial charge in [-0.1, -0.05) is 24.3 Å². The van der Waals surface area contributed by atoms with Crippen molar-refractivity contribution in [1.29, 1.82) is 0 Å². The average Bonchev–Trinajstić information content (AvgIpc) is 2.93. The molecule has 0 saturated carbocycles. The molecule has 1 heterocycles. The highest BCUT2D eigenvalue weighted by molar-refractivity contribution is 5.36. The minimum absolute atomic E-state index is 0.579. The lowest BCUT2D eigenvalue weighted by Gasteiger charge is -2.24. The van der Waals surface area contributed by atoms with Crippen LogP contribution < -0.4 is 10.6 Å². The van der Waals surface area contributed by atoms with E-state index in [9.17, 15) is 0 Å². The maximum atomic E-state index is 5.80. The smallest absolute Gasteiger partial charge is 0.205 e. The molecule has 2 rings (SSSR count). The Morgan fingerprint density at radius 3 is 2.58 bits per heavy atom. The van der Waals surface area contributed by atoms with Gasteiger partial charge in [0.2, 0.25) is 5.95 Å². The van der Waals surface area contributed by atoms with Crippen LogP contribution in [0.15, 0.2) is 36.7 Å². The van der Waals surface area contributed by atoms with Crippen molar-refractivity contribution in [3.05, 3.63) is 47.8 Å². The predicted octanol–water partition coefficient (Wildman–Crippen LogP) is 2.39. The van der Waals surface area contributed by atoms with Crippen LogP contribution in [-0.2, 0) is 19.6 Å². The van der Waals surface area contributed by atoms with E-state index in [0.717, 1.165) is 25.6 Å². The SMILES string of the molecule is CCN(Cc1ccccc1CN)c1nccn1CC. The maximum absolute atomic E-state index is 5.80. The van der Waals surface area contributed by atoms with Gasteiger partial charge in [0.1, 0.15) is 0 Å². The Balaban J connectivity index is 2.24. The number of nitrogens with two attached hydrogens (primary N) is 1. The molecule has 4 heteroatoms. The highest BCUT2D eigenvalue weighted by Crippen LogP contribution is 2.17. The number of aryl methyl sites for hydroxylation is 1. The van der Waals surface area contributed by atoms with Crippen LogP contribution >= 0.6 is 0 Å². The van der Waals surface area contributed by atoms with Crippen molar-refractivity contribution in [2.24, 2.45) is 5.73 Å². The normalized spacial score (nSPS) is 10.7. The quantitative estimate of drug-likeness (QED) is 0.865. The molecule has 0 fully saturated rings. The summed E-state index contributed by atoms with van der Waals surface area (Å²) >= 11 is 0. The van der Waals surface area contributed by atoms with E-state index >= 15 is 0 Å². The van der Waals surface area contributed by atoms with Crippen LogP contribution in [0.3, 0.4) is 0 Å². The average molecular weight is 258 g/mol. The Kier molecular flexibility index (Phi) is 4.58. The molecular formula is C15H22N4. The number of aromatic nitrogens is 2. The van der Waals surface area contributed by atoms with E-state index in [-0.39, 0.29) is 0 Å². The van der Waals surface area contributed by atoms with E-state index < -0.39 is 0 Å². The van der Waals surface area contributed by atoms with Crippen molar-refractivity contribution in [3.63, 3.8) is 0 Å².